The van der Waals surface area contributed by atoms with Gasteiger partial charge in [-0.1, -0.05) is 66.4 Å². The molecule has 0 saturated heterocycles. The maximum atomic E-state index is 6.03. The molecule has 0 atom stereocenters. The first-order chi connectivity index (χ1) is 14.3. The summed E-state index contributed by atoms with van der Waals surface area (Å²) in [4.78, 5) is 3.30. The Morgan fingerprint density at radius 1 is 0.931 bits per heavy atom. The number of para-hydroxylation sites is 1. The summed E-state index contributed by atoms with van der Waals surface area (Å²) in [7, 11) is 2.00. The van der Waals surface area contributed by atoms with Crippen LogP contribution in [0.5, 0.6) is 5.75 Å². The van der Waals surface area contributed by atoms with Crippen LogP contribution >= 0.6 is 11.8 Å². The molecule has 1 N–H and O–H groups in total. The predicted octanol–water partition coefficient (Wildman–Crippen LogP) is 5.29. The van der Waals surface area contributed by atoms with Crippen molar-refractivity contribution in [3.63, 3.8) is 0 Å². The van der Waals surface area contributed by atoms with Gasteiger partial charge in [-0.05, 0) is 17.5 Å². The molecule has 0 fully saturated rings. The molecule has 0 amide bonds. The first-order valence-corrected chi connectivity index (χ1v) is 10.5. The molecule has 29 heavy (non-hydrogen) atoms. The van der Waals surface area contributed by atoms with Gasteiger partial charge in [-0.15, -0.1) is 10.2 Å². The number of fused-ring (bicyclic) bond motifs is 2. The summed E-state index contributed by atoms with van der Waals surface area (Å²) in [5.74, 6) is 2.57. The molecular formula is C23H20N4OS. The zero-order valence-corrected chi connectivity index (χ0v) is 16.8. The van der Waals surface area contributed by atoms with Crippen molar-refractivity contribution in [1.82, 2.24) is 19.7 Å². The molecule has 0 aliphatic carbocycles. The lowest BCUT2D eigenvalue weighted by Crippen LogP contribution is -2.02. The second-order valence-electron chi connectivity index (χ2n) is 6.79. The number of thioether (sulfide) groups is 1. The number of H-pyrrole nitrogens is 1. The molecule has 0 aliphatic heterocycles. The number of hydrogen-bond donors (Lipinski definition) is 1. The van der Waals surface area contributed by atoms with Crippen LogP contribution in [-0.2, 0) is 7.05 Å². The summed E-state index contributed by atoms with van der Waals surface area (Å²) in [6, 6.07) is 22.6. The molecule has 3 aromatic carbocycles. The van der Waals surface area contributed by atoms with E-state index in [1.807, 2.05) is 54.2 Å². The van der Waals surface area contributed by atoms with Gasteiger partial charge in [-0.3, -0.25) is 0 Å². The Bertz CT molecular complexity index is 1290. The van der Waals surface area contributed by atoms with Gasteiger partial charge in [0.25, 0.3) is 0 Å². The predicted molar refractivity (Wildman–Crippen MR) is 118 cm³/mol. The van der Waals surface area contributed by atoms with E-state index in [9.17, 15) is 0 Å². The molecule has 5 aromatic rings. The summed E-state index contributed by atoms with van der Waals surface area (Å²) in [6.45, 7) is 0.605. The molecule has 0 aliphatic rings. The van der Waals surface area contributed by atoms with Crippen LogP contribution in [-0.4, -0.2) is 32.1 Å². The molecule has 0 radical (unpaired) electrons. The molecule has 2 heterocycles. The van der Waals surface area contributed by atoms with Crippen LogP contribution in [0.3, 0.4) is 0 Å². The normalized spacial score (nSPS) is 11.3. The molecule has 6 heteroatoms. The van der Waals surface area contributed by atoms with Crippen LogP contribution in [0.2, 0.25) is 0 Å². The van der Waals surface area contributed by atoms with E-state index in [0.717, 1.165) is 44.3 Å². The zero-order chi connectivity index (χ0) is 19.6. The third kappa shape index (κ3) is 3.36. The van der Waals surface area contributed by atoms with Gasteiger partial charge in [-0.25, -0.2) is 0 Å². The Morgan fingerprint density at radius 3 is 2.66 bits per heavy atom. The summed E-state index contributed by atoms with van der Waals surface area (Å²) in [6.07, 6.45) is 1.99. The molecule has 0 unspecified atom stereocenters. The molecule has 5 nitrogen and oxygen atoms in total. The van der Waals surface area contributed by atoms with Crippen LogP contribution in [0.1, 0.15) is 0 Å². The van der Waals surface area contributed by atoms with Gasteiger partial charge in [0.05, 0.1) is 6.61 Å². The van der Waals surface area contributed by atoms with Gasteiger partial charge in [0.1, 0.15) is 5.75 Å². The van der Waals surface area contributed by atoms with Crippen molar-refractivity contribution < 1.29 is 4.74 Å². The Balaban J connectivity index is 1.27. The highest BCUT2D eigenvalue weighted by atomic mass is 32.2. The molecule has 2 aromatic heterocycles. The number of ether oxygens (including phenoxy) is 1. The number of nitrogens with one attached hydrogen (secondary N) is 1. The lowest BCUT2D eigenvalue weighted by atomic mass is 10.1. The van der Waals surface area contributed by atoms with Crippen LogP contribution in [0.15, 0.2) is 78.1 Å². The Kier molecular flexibility index (Phi) is 4.69. The molecule has 0 saturated carbocycles. The zero-order valence-electron chi connectivity index (χ0n) is 16.0. The van der Waals surface area contributed by atoms with E-state index >= 15 is 0 Å². The number of aromatic amines is 1. The number of rotatable bonds is 6. The van der Waals surface area contributed by atoms with Gasteiger partial charge in [0.2, 0.25) is 0 Å². The number of benzene rings is 3. The van der Waals surface area contributed by atoms with Crippen LogP contribution in [0.4, 0.5) is 0 Å². The van der Waals surface area contributed by atoms with Gasteiger partial charge >= 0.3 is 0 Å². The average Bonchev–Trinajstić information content (AvgIpc) is 3.34. The maximum Gasteiger partial charge on any atom is 0.191 e. The number of hydrogen-bond acceptors (Lipinski definition) is 4. The van der Waals surface area contributed by atoms with E-state index in [0.29, 0.717) is 6.61 Å². The molecule has 0 bridgehead atoms. The fourth-order valence-corrected chi connectivity index (χ4v) is 4.27. The van der Waals surface area contributed by atoms with Crippen molar-refractivity contribution >= 4 is 33.4 Å². The highest BCUT2D eigenvalue weighted by molar-refractivity contribution is 7.99. The van der Waals surface area contributed by atoms with Crippen LogP contribution < -0.4 is 4.74 Å². The van der Waals surface area contributed by atoms with E-state index in [1.54, 1.807) is 11.8 Å². The van der Waals surface area contributed by atoms with Crippen LogP contribution in [0, 0.1) is 0 Å². The molecular weight excluding hydrogens is 380 g/mol. The summed E-state index contributed by atoms with van der Waals surface area (Å²) >= 11 is 1.65. The monoisotopic (exact) mass is 400 g/mol. The Hall–Kier alpha value is -3.25. The van der Waals surface area contributed by atoms with Crippen molar-refractivity contribution in [2.45, 2.75) is 5.16 Å². The standard InChI is InChI=1S/C23H20N4OS/c1-27-22(19-15-24-20-11-5-4-10-18(19)20)25-26-23(27)29-14-13-28-21-12-6-8-16-7-2-3-9-17(16)21/h2-12,15,24H,13-14H2,1H3. The molecule has 5 rings (SSSR count). The third-order valence-corrected chi connectivity index (χ3v) is 5.97. The van der Waals surface area contributed by atoms with E-state index in [2.05, 4.69) is 45.5 Å². The first-order valence-electron chi connectivity index (χ1n) is 9.50. The molecule has 0 spiro atoms. The third-order valence-electron chi connectivity index (χ3n) is 4.99. The SMILES string of the molecule is Cn1c(SCCOc2cccc3ccccc23)nnc1-c1c[nH]c2ccccc12. The second-order valence-corrected chi connectivity index (χ2v) is 7.85. The average molecular weight is 401 g/mol. The summed E-state index contributed by atoms with van der Waals surface area (Å²) in [5, 5.41) is 13.2. The molecule has 144 valence electrons. The van der Waals surface area contributed by atoms with Gasteiger partial charge < -0.3 is 14.3 Å². The van der Waals surface area contributed by atoms with Gasteiger partial charge in [-0.2, -0.15) is 0 Å². The fourth-order valence-electron chi connectivity index (χ4n) is 3.54. The minimum atomic E-state index is 0.605. The minimum absolute atomic E-state index is 0.605. The van der Waals surface area contributed by atoms with E-state index < -0.39 is 0 Å². The maximum absolute atomic E-state index is 6.03. The van der Waals surface area contributed by atoms with Gasteiger partial charge in [0.15, 0.2) is 11.0 Å². The van der Waals surface area contributed by atoms with E-state index in [1.165, 1.54) is 5.39 Å². The quantitative estimate of drug-likeness (QED) is 0.311. The van der Waals surface area contributed by atoms with E-state index in [-0.39, 0.29) is 0 Å². The smallest absolute Gasteiger partial charge is 0.191 e. The summed E-state index contributed by atoms with van der Waals surface area (Å²) < 4.78 is 8.07. The van der Waals surface area contributed by atoms with Crippen LogP contribution in [0.25, 0.3) is 33.1 Å². The van der Waals surface area contributed by atoms with Crippen molar-refractivity contribution in [3.05, 3.63) is 72.9 Å². The van der Waals surface area contributed by atoms with E-state index in [4.69, 9.17) is 4.74 Å². The highest BCUT2D eigenvalue weighted by Crippen LogP contribution is 2.29. The largest absolute Gasteiger partial charge is 0.492 e. The first kappa shape index (κ1) is 17.8. The summed E-state index contributed by atoms with van der Waals surface area (Å²) in [5.41, 5.74) is 2.16. The van der Waals surface area contributed by atoms with Crippen molar-refractivity contribution in [1.29, 1.82) is 0 Å². The van der Waals surface area contributed by atoms with Crippen molar-refractivity contribution in [2.75, 3.05) is 12.4 Å². The van der Waals surface area contributed by atoms with Crippen molar-refractivity contribution in [3.8, 4) is 17.1 Å². The number of nitrogens with zero attached hydrogens (tertiary/aromatic N) is 3. The fraction of sp³-hybridized carbons (Fsp3) is 0.130. The van der Waals surface area contributed by atoms with Gasteiger partial charge in [0, 0.05) is 40.8 Å². The minimum Gasteiger partial charge on any atom is -0.492 e. The number of aromatic nitrogens is 4. The lowest BCUT2D eigenvalue weighted by Gasteiger charge is -2.09. The Labute approximate surface area is 172 Å². The van der Waals surface area contributed by atoms with Crippen molar-refractivity contribution in [2.24, 2.45) is 7.05 Å². The lowest BCUT2D eigenvalue weighted by molar-refractivity contribution is 0.348. The Morgan fingerprint density at radius 2 is 1.72 bits per heavy atom. The second kappa shape index (κ2) is 7.64. The topological polar surface area (TPSA) is 55.7 Å². The highest BCUT2D eigenvalue weighted by Gasteiger charge is 2.14.